The van der Waals surface area contributed by atoms with Crippen molar-refractivity contribution in [3.63, 3.8) is 0 Å². The molecule has 2 nitrogen and oxygen atoms in total. The SMILES string of the molecule is CCC(CBr)(CBr)NC(=O)Cc1c(F)cccc1F. The molecule has 0 saturated heterocycles. The average Bonchev–Trinajstić information content (AvgIpc) is 2.41. The van der Waals surface area contributed by atoms with Gasteiger partial charge in [-0.2, -0.15) is 0 Å². The number of hydrogen-bond acceptors (Lipinski definition) is 1. The van der Waals surface area contributed by atoms with Gasteiger partial charge in [0.1, 0.15) is 11.6 Å². The van der Waals surface area contributed by atoms with E-state index in [1.165, 1.54) is 6.07 Å². The van der Waals surface area contributed by atoms with E-state index in [2.05, 4.69) is 37.2 Å². The summed E-state index contributed by atoms with van der Waals surface area (Å²) in [6.45, 7) is 1.94. The largest absolute Gasteiger partial charge is 0.349 e. The van der Waals surface area contributed by atoms with Crippen LogP contribution in [-0.2, 0) is 11.2 Å². The van der Waals surface area contributed by atoms with Gasteiger partial charge in [-0.15, -0.1) is 0 Å². The summed E-state index contributed by atoms with van der Waals surface area (Å²) < 4.78 is 26.9. The summed E-state index contributed by atoms with van der Waals surface area (Å²) >= 11 is 6.69. The first-order valence-corrected chi connectivity index (χ1v) is 8.08. The Labute approximate surface area is 128 Å². The molecule has 0 saturated carbocycles. The fraction of sp³-hybridized carbons (Fsp3) is 0.462. The van der Waals surface area contributed by atoms with Gasteiger partial charge < -0.3 is 5.32 Å². The van der Waals surface area contributed by atoms with Crippen LogP contribution in [-0.4, -0.2) is 22.1 Å². The molecule has 1 aromatic rings. The average molecular weight is 399 g/mol. The number of carbonyl (C=O) groups is 1. The quantitative estimate of drug-likeness (QED) is 0.729. The van der Waals surface area contributed by atoms with Crippen LogP contribution in [0.4, 0.5) is 8.78 Å². The van der Waals surface area contributed by atoms with E-state index in [-0.39, 0.29) is 12.0 Å². The van der Waals surface area contributed by atoms with E-state index >= 15 is 0 Å². The molecule has 106 valence electrons. The standard InChI is InChI=1S/C13H15Br2F2NO/c1-2-13(7-14,8-15)18-12(19)6-9-10(16)4-3-5-11(9)17/h3-5H,2,6-8H2,1H3,(H,18,19). The van der Waals surface area contributed by atoms with Crippen molar-refractivity contribution in [1.82, 2.24) is 5.32 Å². The highest BCUT2D eigenvalue weighted by Crippen LogP contribution is 2.18. The van der Waals surface area contributed by atoms with Gasteiger partial charge in [0.25, 0.3) is 0 Å². The Morgan fingerprint density at radius 2 is 1.79 bits per heavy atom. The van der Waals surface area contributed by atoms with E-state index in [0.717, 1.165) is 12.1 Å². The van der Waals surface area contributed by atoms with Crippen molar-refractivity contribution in [1.29, 1.82) is 0 Å². The molecular formula is C13H15Br2F2NO. The van der Waals surface area contributed by atoms with Gasteiger partial charge in [0.05, 0.1) is 12.0 Å². The zero-order chi connectivity index (χ0) is 14.5. The van der Waals surface area contributed by atoms with Crippen LogP contribution in [0.1, 0.15) is 18.9 Å². The maximum Gasteiger partial charge on any atom is 0.225 e. The number of carbonyl (C=O) groups excluding carboxylic acids is 1. The molecule has 0 spiro atoms. The van der Waals surface area contributed by atoms with Crippen molar-refractivity contribution in [3.8, 4) is 0 Å². The second-order valence-electron chi connectivity index (χ2n) is 4.33. The monoisotopic (exact) mass is 397 g/mol. The summed E-state index contributed by atoms with van der Waals surface area (Å²) in [7, 11) is 0. The third-order valence-electron chi connectivity index (χ3n) is 2.99. The molecule has 0 radical (unpaired) electrons. The number of nitrogens with one attached hydrogen (secondary N) is 1. The molecule has 6 heteroatoms. The van der Waals surface area contributed by atoms with Gasteiger partial charge >= 0.3 is 0 Å². The smallest absolute Gasteiger partial charge is 0.225 e. The summed E-state index contributed by atoms with van der Waals surface area (Å²) in [5, 5.41) is 3.94. The number of halogens is 4. The van der Waals surface area contributed by atoms with Crippen molar-refractivity contribution in [2.45, 2.75) is 25.3 Å². The van der Waals surface area contributed by atoms with Crippen molar-refractivity contribution in [3.05, 3.63) is 35.4 Å². The van der Waals surface area contributed by atoms with Gasteiger partial charge in [-0.05, 0) is 18.6 Å². The van der Waals surface area contributed by atoms with Gasteiger partial charge in [0, 0.05) is 16.2 Å². The van der Waals surface area contributed by atoms with Gasteiger partial charge in [-0.25, -0.2) is 8.78 Å². The molecule has 0 aliphatic heterocycles. The highest BCUT2D eigenvalue weighted by atomic mass is 79.9. The van der Waals surface area contributed by atoms with Crippen LogP contribution in [0.2, 0.25) is 0 Å². The zero-order valence-corrected chi connectivity index (χ0v) is 13.7. The Morgan fingerprint density at radius 3 is 2.21 bits per heavy atom. The molecule has 0 aliphatic rings. The lowest BCUT2D eigenvalue weighted by Gasteiger charge is -2.30. The lowest BCUT2D eigenvalue weighted by molar-refractivity contribution is -0.122. The van der Waals surface area contributed by atoms with Crippen LogP contribution in [0.3, 0.4) is 0 Å². The molecule has 0 heterocycles. The molecule has 1 amide bonds. The molecule has 1 N–H and O–H groups in total. The normalized spacial score (nSPS) is 11.4. The maximum absolute atomic E-state index is 13.5. The van der Waals surface area contributed by atoms with Crippen LogP contribution in [0.5, 0.6) is 0 Å². The first-order valence-electron chi connectivity index (χ1n) is 5.84. The van der Waals surface area contributed by atoms with Crippen molar-refractivity contribution < 1.29 is 13.6 Å². The predicted octanol–water partition coefficient (Wildman–Crippen LogP) is 3.56. The lowest BCUT2D eigenvalue weighted by Crippen LogP contribution is -2.51. The molecule has 0 unspecified atom stereocenters. The number of alkyl halides is 2. The van der Waals surface area contributed by atoms with Crippen molar-refractivity contribution in [2.75, 3.05) is 10.7 Å². The molecule has 0 aromatic heterocycles. The van der Waals surface area contributed by atoms with Gasteiger partial charge in [-0.3, -0.25) is 4.79 Å². The maximum atomic E-state index is 13.5. The van der Waals surface area contributed by atoms with E-state index in [1.54, 1.807) is 0 Å². The first kappa shape index (κ1) is 16.6. The second kappa shape index (κ2) is 7.33. The van der Waals surface area contributed by atoms with E-state index in [9.17, 15) is 13.6 Å². The topological polar surface area (TPSA) is 29.1 Å². The van der Waals surface area contributed by atoms with Gasteiger partial charge in [0.15, 0.2) is 0 Å². The number of rotatable bonds is 6. The van der Waals surface area contributed by atoms with E-state index < -0.39 is 23.1 Å². The molecule has 1 rings (SSSR count). The Hall–Kier alpha value is -0.490. The molecular weight excluding hydrogens is 384 g/mol. The summed E-state index contributed by atoms with van der Waals surface area (Å²) in [5.41, 5.74) is -0.645. The predicted molar refractivity (Wildman–Crippen MR) is 78.8 cm³/mol. The van der Waals surface area contributed by atoms with Gasteiger partial charge in [0.2, 0.25) is 5.91 Å². The van der Waals surface area contributed by atoms with Crippen LogP contribution in [0, 0.1) is 11.6 Å². The summed E-state index contributed by atoms with van der Waals surface area (Å²) in [6, 6.07) is 3.57. The minimum atomic E-state index is -0.699. The van der Waals surface area contributed by atoms with Gasteiger partial charge in [-0.1, -0.05) is 44.8 Å². The summed E-state index contributed by atoms with van der Waals surface area (Å²) in [4.78, 5) is 11.9. The Kier molecular flexibility index (Phi) is 6.39. The number of hydrogen-bond donors (Lipinski definition) is 1. The lowest BCUT2D eigenvalue weighted by atomic mass is 10.0. The fourth-order valence-electron chi connectivity index (χ4n) is 1.58. The highest BCUT2D eigenvalue weighted by Gasteiger charge is 2.28. The van der Waals surface area contributed by atoms with Crippen molar-refractivity contribution in [2.24, 2.45) is 0 Å². The minimum absolute atomic E-state index is 0.200. The van der Waals surface area contributed by atoms with E-state index in [4.69, 9.17) is 0 Å². The van der Waals surface area contributed by atoms with E-state index in [1.807, 2.05) is 6.92 Å². The summed E-state index contributed by atoms with van der Waals surface area (Å²) in [5.74, 6) is -1.80. The Morgan fingerprint density at radius 1 is 1.26 bits per heavy atom. The Balaban J connectivity index is 2.81. The molecule has 1 aromatic carbocycles. The number of benzene rings is 1. The fourth-order valence-corrected chi connectivity index (χ4v) is 3.58. The van der Waals surface area contributed by atoms with Crippen molar-refractivity contribution >= 4 is 37.8 Å². The highest BCUT2D eigenvalue weighted by molar-refractivity contribution is 9.09. The third kappa shape index (κ3) is 4.24. The molecule has 19 heavy (non-hydrogen) atoms. The van der Waals surface area contributed by atoms with Crippen LogP contribution >= 0.6 is 31.9 Å². The van der Waals surface area contributed by atoms with E-state index in [0.29, 0.717) is 17.1 Å². The second-order valence-corrected chi connectivity index (χ2v) is 5.45. The molecule has 0 bridgehead atoms. The summed E-state index contributed by atoms with van der Waals surface area (Å²) in [6.07, 6.45) is 0.398. The Bertz CT molecular complexity index is 422. The molecule has 0 fully saturated rings. The van der Waals surface area contributed by atoms with Crippen LogP contribution in [0.25, 0.3) is 0 Å². The first-order chi connectivity index (χ1) is 8.98. The van der Waals surface area contributed by atoms with Crippen LogP contribution in [0.15, 0.2) is 18.2 Å². The molecule has 0 aliphatic carbocycles. The minimum Gasteiger partial charge on any atom is -0.349 e. The molecule has 0 atom stereocenters. The van der Waals surface area contributed by atoms with Crippen LogP contribution < -0.4 is 5.32 Å². The zero-order valence-electron chi connectivity index (χ0n) is 10.5. The third-order valence-corrected chi connectivity index (χ3v) is 5.14. The number of amides is 1.